The lowest BCUT2D eigenvalue weighted by Gasteiger charge is -2.46. The lowest BCUT2D eigenvalue weighted by Crippen LogP contribution is -3.23. The smallest absolute Gasteiger partial charge is 0.408 e. The van der Waals surface area contributed by atoms with Gasteiger partial charge in [0, 0.05) is 10.8 Å². The van der Waals surface area contributed by atoms with E-state index in [1.54, 1.807) is 0 Å². The molecular weight excluding hydrogens is 323 g/mol. The summed E-state index contributed by atoms with van der Waals surface area (Å²) in [5.41, 5.74) is -0.489. The Kier molecular flexibility index (Phi) is 4.81. The number of carbonyl (C=O) groups is 1. The van der Waals surface area contributed by atoms with Gasteiger partial charge in [0.2, 0.25) is 0 Å². The van der Waals surface area contributed by atoms with Crippen molar-refractivity contribution in [3.05, 3.63) is 5.21 Å². The molecule has 16 heavy (non-hydrogen) atoms. The zero-order valence-corrected chi connectivity index (χ0v) is 12.0. The summed E-state index contributed by atoms with van der Waals surface area (Å²) in [6.07, 6.45) is 0.406. The highest BCUT2D eigenvalue weighted by atomic mass is 127. The fraction of sp³-hybridized carbons (Fsp3) is 0.900. The van der Waals surface area contributed by atoms with Crippen LogP contribution in [-0.4, -0.2) is 34.8 Å². The molecule has 6 heteroatoms. The highest BCUT2D eigenvalue weighted by Gasteiger charge is 2.40. The predicted octanol–water partition coefficient (Wildman–Crippen LogP) is 0.470. The maximum atomic E-state index is 11.5. The van der Waals surface area contributed by atoms with Gasteiger partial charge in [-0.15, -0.1) is 0 Å². The van der Waals surface area contributed by atoms with Crippen molar-refractivity contribution >= 4 is 28.7 Å². The molecule has 0 aromatic rings. The Bertz CT molecular complexity index is 255. The van der Waals surface area contributed by atoms with Gasteiger partial charge >= 0.3 is 6.09 Å². The first-order chi connectivity index (χ1) is 7.33. The molecule has 1 rings (SSSR count). The van der Waals surface area contributed by atoms with E-state index in [1.807, 2.05) is 20.8 Å². The van der Waals surface area contributed by atoms with E-state index in [2.05, 4.69) is 27.9 Å². The van der Waals surface area contributed by atoms with E-state index < -0.39 is 11.7 Å². The van der Waals surface area contributed by atoms with Crippen LogP contribution >= 0.6 is 22.6 Å². The summed E-state index contributed by atoms with van der Waals surface area (Å²) in [4.78, 5) is 11.5. The van der Waals surface area contributed by atoms with E-state index in [4.69, 9.17) is 4.74 Å². The Morgan fingerprint density at radius 1 is 1.62 bits per heavy atom. The minimum atomic E-state index is -0.489. The van der Waals surface area contributed by atoms with Crippen molar-refractivity contribution < 1.29 is 14.6 Å². The number of alkyl halides is 1. The maximum absolute atomic E-state index is 11.5. The number of hydrogen-bond acceptors (Lipinski definition) is 3. The van der Waals surface area contributed by atoms with E-state index in [-0.39, 0.29) is 17.1 Å². The van der Waals surface area contributed by atoms with Crippen LogP contribution in [-0.2, 0) is 4.74 Å². The number of hydroxylamine groups is 2. The van der Waals surface area contributed by atoms with Gasteiger partial charge in [-0.3, -0.25) is 0 Å². The molecule has 1 aliphatic heterocycles. The fourth-order valence-electron chi connectivity index (χ4n) is 1.66. The second-order valence-electron chi connectivity index (χ2n) is 5.01. The molecule has 0 aliphatic carbocycles. The predicted molar refractivity (Wildman–Crippen MR) is 69.6 cm³/mol. The van der Waals surface area contributed by atoms with Crippen molar-refractivity contribution in [1.82, 2.24) is 5.32 Å². The van der Waals surface area contributed by atoms with Gasteiger partial charge < -0.3 is 20.3 Å². The summed E-state index contributed by atoms with van der Waals surface area (Å²) in [6, 6.07) is -0.0402. The van der Waals surface area contributed by atoms with Crippen LogP contribution in [0.4, 0.5) is 4.79 Å². The van der Waals surface area contributed by atoms with E-state index in [0.717, 1.165) is 10.8 Å². The maximum Gasteiger partial charge on any atom is 0.408 e. The van der Waals surface area contributed by atoms with Crippen molar-refractivity contribution in [3.63, 3.8) is 0 Å². The van der Waals surface area contributed by atoms with E-state index in [1.165, 1.54) is 0 Å². The van der Waals surface area contributed by atoms with Crippen LogP contribution in [0.2, 0.25) is 0 Å². The van der Waals surface area contributed by atoms with Gasteiger partial charge in [-0.25, -0.2) is 4.79 Å². The number of amides is 1. The fourth-order valence-corrected chi connectivity index (χ4v) is 2.34. The van der Waals surface area contributed by atoms with Gasteiger partial charge in [-0.05, 0) is 20.8 Å². The Hall–Kier alpha value is -0.0800. The molecule has 1 aliphatic rings. The molecule has 1 fully saturated rings. The first-order valence-corrected chi connectivity index (χ1v) is 6.94. The summed E-state index contributed by atoms with van der Waals surface area (Å²) in [5, 5.41) is 14.3. The van der Waals surface area contributed by atoms with E-state index in [9.17, 15) is 10.0 Å². The van der Waals surface area contributed by atoms with Gasteiger partial charge in [0.1, 0.15) is 24.2 Å². The Morgan fingerprint density at radius 3 is 2.69 bits per heavy atom. The highest BCUT2D eigenvalue weighted by molar-refractivity contribution is 14.1. The average Bonchev–Trinajstić information content (AvgIpc) is 2.10. The number of nitrogens with one attached hydrogen (secondary N) is 2. The summed E-state index contributed by atoms with van der Waals surface area (Å²) >= 11 is 2.24. The third-order valence-electron chi connectivity index (χ3n) is 2.44. The van der Waals surface area contributed by atoms with E-state index >= 15 is 0 Å². The zero-order valence-electron chi connectivity index (χ0n) is 9.88. The molecule has 0 saturated carbocycles. The van der Waals surface area contributed by atoms with Gasteiger partial charge in [-0.2, -0.15) is 0 Å². The first-order valence-electron chi connectivity index (χ1n) is 5.41. The number of quaternary nitrogens is 1. The quantitative estimate of drug-likeness (QED) is 0.445. The highest BCUT2D eigenvalue weighted by Crippen LogP contribution is 2.09. The summed E-state index contributed by atoms with van der Waals surface area (Å²) in [5.74, 6) is 0. The molecule has 1 heterocycles. The summed E-state index contributed by atoms with van der Waals surface area (Å²) in [6.45, 7) is 5.91. The van der Waals surface area contributed by atoms with Crippen LogP contribution in [0.1, 0.15) is 27.2 Å². The van der Waals surface area contributed by atoms with Crippen molar-refractivity contribution in [2.75, 3.05) is 11.0 Å². The SMILES string of the molecule is CC(C)(C)OC(=O)NC1C[NH+]([O-])C1CCI. The number of ether oxygens (including phenoxy) is 1. The van der Waals surface area contributed by atoms with Gasteiger partial charge in [0.05, 0.1) is 0 Å². The summed E-state index contributed by atoms with van der Waals surface area (Å²) < 4.78 is 6.07. The van der Waals surface area contributed by atoms with Gasteiger partial charge in [0.15, 0.2) is 0 Å². The van der Waals surface area contributed by atoms with Gasteiger partial charge in [0.25, 0.3) is 0 Å². The van der Waals surface area contributed by atoms with Crippen LogP contribution in [0.15, 0.2) is 0 Å². The first kappa shape index (κ1) is 14.0. The monoisotopic (exact) mass is 342 g/mol. The van der Waals surface area contributed by atoms with Crippen LogP contribution in [0, 0.1) is 5.21 Å². The number of halogens is 1. The molecule has 0 radical (unpaired) electrons. The zero-order chi connectivity index (χ0) is 12.3. The molecule has 0 spiro atoms. The molecule has 2 N–H and O–H groups in total. The normalized spacial score (nSPS) is 29.4. The van der Waals surface area contributed by atoms with Gasteiger partial charge in [-0.1, -0.05) is 22.6 Å². The van der Waals surface area contributed by atoms with Crippen LogP contribution in [0.25, 0.3) is 0 Å². The molecule has 1 amide bonds. The average molecular weight is 342 g/mol. The van der Waals surface area contributed by atoms with E-state index in [0.29, 0.717) is 6.54 Å². The lowest BCUT2D eigenvalue weighted by atomic mass is 9.97. The standard InChI is InChI=1S/C10H19IN2O3/c1-10(2,3)16-9(14)12-7-6-13(15)8(7)4-5-11/h7-8,13H,4-6H2,1-3H3,(H,12,14). The van der Waals surface area contributed by atoms with Crippen molar-refractivity contribution in [1.29, 1.82) is 0 Å². The van der Waals surface area contributed by atoms with Crippen LogP contribution in [0.3, 0.4) is 0 Å². The minimum Gasteiger partial charge on any atom is -0.634 e. The molecule has 0 bridgehead atoms. The third kappa shape index (κ3) is 4.06. The number of rotatable bonds is 3. The molecule has 3 unspecified atom stereocenters. The Labute approximate surface area is 110 Å². The molecule has 5 nitrogen and oxygen atoms in total. The molecule has 1 saturated heterocycles. The topological polar surface area (TPSA) is 65.8 Å². The molecular formula is C10H19IN2O3. The summed E-state index contributed by atoms with van der Waals surface area (Å²) in [7, 11) is 0. The largest absolute Gasteiger partial charge is 0.634 e. The second-order valence-corrected chi connectivity index (χ2v) is 6.09. The molecule has 3 atom stereocenters. The van der Waals surface area contributed by atoms with Crippen LogP contribution in [0.5, 0.6) is 0 Å². The van der Waals surface area contributed by atoms with Crippen molar-refractivity contribution in [3.8, 4) is 0 Å². The number of carbonyl (C=O) groups excluding carboxylic acids is 1. The Balaban J connectivity index is 2.35. The lowest BCUT2D eigenvalue weighted by molar-refractivity contribution is -0.923. The molecule has 0 aromatic heterocycles. The number of alkyl carbamates (subject to hydrolysis) is 1. The van der Waals surface area contributed by atoms with Crippen molar-refractivity contribution in [2.24, 2.45) is 0 Å². The second kappa shape index (κ2) is 5.50. The van der Waals surface area contributed by atoms with Crippen LogP contribution < -0.4 is 10.4 Å². The Morgan fingerprint density at radius 2 is 2.25 bits per heavy atom. The molecule has 94 valence electrons. The third-order valence-corrected chi connectivity index (χ3v) is 3.07. The van der Waals surface area contributed by atoms with Crippen molar-refractivity contribution in [2.45, 2.75) is 44.9 Å². The number of hydrogen-bond donors (Lipinski definition) is 2. The minimum absolute atomic E-state index is 0.00980. The molecule has 0 aromatic carbocycles.